The molecule has 3 atom stereocenters. The lowest BCUT2D eigenvalue weighted by molar-refractivity contribution is -0.135. The maximum absolute atomic E-state index is 13.2. The van der Waals surface area contributed by atoms with E-state index >= 15 is 0 Å². The van der Waals surface area contributed by atoms with Gasteiger partial charge in [-0.25, -0.2) is 9.78 Å². The van der Waals surface area contributed by atoms with E-state index in [0.29, 0.717) is 30.0 Å². The number of imidazole rings is 1. The number of hydrogen-bond acceptors (Lipinski definition) is 11. The number of hydrogen-bond donors (Lipinski definition) is 3. The van der Waals surface area contributed by atoms with Gasteiger partial charge in [-0.3, -0.25) is 33.8 Å². The Morgan fingerprint density at radius 3 is 2.41 bits per heavy atom. The largest absolute Gasteiger partial charge is 0.393 e. The number of amides is 2. The Balaban J connectivity index is 0.719. The summed E-state index contributed by atoms with van der Waals surface area (Å²) in [5.74, 6) is -0.0270. The highest BCUT2D eigenvalue weighted by atomic mass is 16.5. The van der Waals surface area contributed by atoms with Gasteiger partial charge >= 0.3 is 5.69 Å². The van der Waals surface area contributed by atoms with Crippen molar-refractivity contribution in [2.24, 2.45) is 7.05 Å². The third-order valence-electron chi connectivity index (χ3n) is 14.1. The Morgan fingerprint density at radius 2 is 1.64 bits per heavy atom. The van der Waals surface area contributed by atoms with Gasteiger partial charge in [-0.05, 0) is 87.1 Å². The molecule has 3 aromatic heterocycles. The van der Waals surface area contributed by atoms with Crippen LogP contribution >= 0.6 is 0 Å². The third-order valence-corrected chi connectivity index (χ3v) is 14.1. The summed E-state index contributed by atoms with van der Waals surface area (Å²) in [5.41, 5.74) is 7.01. The van der Waals surface area contributed by atoms with Crippen LogP contribution in [0, 0.1) is 0 Å². The number of nitrogens with zero attached hydrogens (tertiary/aromatic N) is 8. The van der Waals surface area contributed by atoms with Gasteiger partial charge in [-0.2, -0.15) is 4.98 Å². The van der Waals surface area contributed by atoms with Crippen molar-refractivity contribution in [1.29, 1.82) is 0 Å². The van der Waals surface area contributed by atoms with E-state index in [9.17, 15) is 19.5 Å². The third kappa shape index (κ3) is 9.83. The summed E-state index contributed by atoms with van der Waals surface area (Å²) in [4.78, 5) is 54.8. The number of piperidine rings is 1. The second-order valence-electron chi connectivity index (χ2n) is 18.9. The maximum atomic E-state index is 13.2. The topological polar surface area (TPSA) is 155 Å². The number of aryl methyl sites for hydroxylation is 1. The molecule has 2 amide bonds. The van der Waals surface area contributed by atoms with Crippen LogP contribution in [-0.2, 0) is 34.5 Å². The molecule has 0 radical (unpaired) electrons. The van der Waals surface area contributed by atoms with Gasteiger partial charge in [0.25, 0.3) is 0 Å². The molecule has 5 aromatic rings. The number of aliphatic hydroxyl groups excluding tert-OH is 1. The molecule has 4 fully saturated rings. The minimum atomic E-state index is -0.679. The average molecular weight is 875 g/mol. The number of piperazine rings is 1. The molecule has 0 spiro atoms. The van der Waals surface area contributed by atoms with E-state index in [0.717, 1.165) is 145 Å². The van der Waals surface area contributed by atoms with Crippen molar-refractivity contribution < 1.29 is 19.4 Å². The standard InChI is InChI=1S/C49H66N10O5/c1-4-6-33(2)51-48-50-28-40-41(32-58(46(40)53-48)37-12-14-38(60)15-13-37)36-10-7-34(8-11-36)29-56-24-22-55(23-25-56)20-5-26-64-39-19-21-57(31-39)30-35-9-16-42-44(27-35)54(3)49(63)59(42)43-17-18-45(61)52-47(43)62/h7-11,16,27-28,32-33,37-39,43,60H,4-6,12-15,17-26,29-31H2,1-3H3,(H,50,51,53)(H,52,61,62)/t33-,37-,38-,39+,43?/m1/s1. The molecule has 3 N–H and O–H groups in total. The molecule has 342 valence electrons. The summed E-state index contributed by atoms with van der Waals surface area (Å²) >= 11 is 0. The number of fused-ring (bicyclic) bond motifs is 2. The summed E-state index contributed by atoms with van der Waals surface area (Å²) in [5, 5.41) is 17.2. The van der Waals surface area contributed by atoms with Crippen molar-refractivity contribution in [3.63, 3.8) is 0 Å². The lowest BCUT2D eigenvalue weighted by atomic mass is 9.93. The molecular weight excluding hydrogens is 809 g/mol. The zero-order valence-electron chi connectivity index (χ0n) is 37.9. The van der Waals surface area contributed by atoms with Crippen LogP contribution in [0.2, 0.25) is 0 Å². The van der Waals surface area contributed by atoms with E-state index in [1.165, 1.54) is 15.7 Å². The van der Waals surface area contributed by atoms with Crippen LogP contribution in [0.1, 0.15) is 101 Å². The molecular formula is C49H66N10O5. The number of anilines is 1. The number of benzene rings is 2. The van der Waals surface area contributed by atoms with Crippen molar-refractivity contribution in [2.45, 2.75) is 121 Å². The highest BCUT2D eigenvalue weighted by molar-refractivity contribution is 6.00. The second kappa shape index (κ2) is 19.7. The lowest BCUT2D eigenvalue weighted by Crippen LogP contribution is -2.46. The van der Waals surface area contributed by atoms with Crippen molar-refractivity contribution >= 4 is 39.8 Å². The lowest BCUT2D eigenvalue weighted by Gasteiger charge is -2.34. The number of aliphatic hydroxyl groups is 1. The van der Waals surface area contributed by atoms with Gasteiger partial charge in [0.15, 0.2) is 0 Å². The Hall–Kier alpha value is -4.93. The van der Waals surface area contributed by atoms with Gasteiger partial charge in [-0.15, -0.1) is 0 Å². The molecule has 15 heteroatoms. The van der Waals surface area contributed by atoms with Crippen molar-refractivity contribution in [3.05, 3.63) is 76.5 Å². The van der Waals surface area contributed by atoms with Gasteiger partial charge < -0.3 is 24.6 Å². The minimum absolute atomic E-state index is 0.203. The fourth-order valence-corrected chi connectivity index (χ4v) is 10.5. The van der Waals surface area contributed by atoms with Gasteiger partial charge in [0.2, 0.25) is 17.8 Å². The molecule has 0 bridgehead atoms. The number of imide groups is 1. The van der Waals surface area contributed by atoms with Crippen molar-refractivity contribution in [1.82, 2.24) is 43.7 Å². The summed E-state index contributed by atoms with van der Waals surface area (Å²) in [6, 6.07) is 15.0. The zero-order chi connectivity index (χ0) is 44.3. The highest BCUT2D eigenvalue weighted by Gasteiger charge is 2.32. The van der Waals surface area contributed by atoms with Gasteiger partial charge in [-0.1, -0.05) is 43.7 Å². The van der Waals surface area contributed by atoms with E-state index in [2.05, 4.69) is 80.3 Å². The number of nitrogens with one attached hydrogen (secondary N) is 2. The molecule has 3 saturated heterocycles. The number of likely N-dealkylation sites (tertiary alicyclic amines) is 1. The van der Waals surface area contributed by atoms with E-state index in [-0.39, 0.29) is 30.2 Å². The monoisotopic (exact) mass is 875 g/mol. The van der Waals surface area contributed by atoms with Crippen LogP contribution in [0.3, 0.4) is 0 Å². The molecule has 15 nitrogen and oxygen atoms in total. The molecule has 3 aliphatic heterocycles. The van der Waals surface area contributed by atoms with Crippen LogP contribution in [0.15, 0.2) is 59.7 Å². The quantitative estimate of drug-likeness (QED) is 0.0839. The number of aromatic nitrogens is 5. The predicted octanol–water partition coefficient (Wildman–Crippen LogP) is 5.60. The van der Waals surface area contributed by atoms with Crippen LogP contribution in [0.4, 0.5) is 5.95 Å². The SMILES string of the molecule is CCC[C@@H](C)Nc1ncc2c(-c3ccc(CN4CCN(CCCO[C@H]5CCN(Cc6ccc7c(c6)n(C)c(=O)n7C6CCC(=O)NC6=O)C5)CC4)cc3)cn([C@H]3CC[C@H](O)CC3)c2n1. The first-order valence-electron chi connectivity index (χ1n) is 23.8. The molecule has 64 heavy (non-hydrogen) atoms. The molecule has 1 saturated carbocycles. The highest BCUT2D eigenvalue weighted by Crippen LogP contribution is 2.37. The summed E-state index contributed by atoms with van der Waals surface area (Å²) < 4.78 is 11.9. The molecule has 6 heterocycles. The summed E-state index contributed by atoms with van der Waals surface area (Å²) in [6.45, 7) is 14.0. The fourth-order valence-electron chi connectivity index (χ4n) is 10.5. The zero-order valence-corrected chi connectivity index (χ0v) is 37.9. The van der Waals surface area contributed by atoms with Crippen LogP contribution in [0.25, 0.3) is 33.2 Å². The number of ether oxygens (including phenoxy) is 1. The van der Waals surface area contributed by atoms with E-state index < -0.39 is 11.9 Å². The number of rotatable bonds is 16. The molecule has 9 rings (SSSR count). The van der Waals surface area contributed by atoms with Crippen molar-refractivity contribution in [3.8, 4) is 11.1 Å². The van der Waals surface area contributed by atoms with Crippen LogP contribution in [0.5, 0.6) is 0 Å². The van der Waals surface area contributed by atoms with Crippen LogP contribution < -0.4 is 16.3 Å². The van der Waals surface area contributed by atoms with Crippen molar-refractivity contribution in [2.75, 3.05) is 57.7 Å². The smallest absolute Gasteiger partial charge is 0.329 e. The molecule has 4 aliphatic rings. The Kier molecular flexibility index (Phi) is 13.6. The van der Waals surface area contributed by atoms with E-state index in [4.69, 9.17) is 14.7 Å². The van der Waals surface area contributed by atoms with E-state index in [1.807, 2.05) is 18.3 Å². The predicted molar refractivity (Wildman–Crippen MR) is 249 cm³/mol. The average Bonchev–Trinajstić information content (AvgIpc) is 3.97. The summed E-state index contributed by atoms with van der Waals surface area (Å²) in [6.07, 6.45) is 12.6. The van der Waals surface area contributed by atoms with Crippen LogP contribution in [-0.4, -0.2) is 126 Å². The second-order valence-corrected chi connectivity index (χ2v) is 18.9. The normalized spacial score (nSPS) is 23.3. The Labute approximate surface area is 375 Å². The molecule has 1 aliphatic carbocycles. The molecule has 2 aromatic carbocycles. The van der Waals surface area contributed by atoms with Gasteiger partial charge in [0, 0.05) is 114 Å². The van der Waals surface area contributed by atoms with E-state index in [1.54, 1.807) is 11.6 Å². The Morgan fingerprint density at radius 1 is 0.891 bits per heavy atom. The summed E-state index contributed by atoms with van der Waals surface area (Å²) in [7, 11) is 1.74. The van der Waals surface area contributed by atoms with Gasteiger partial charge in [0.1, 0.15) is 11.7 Å². The molecule has 1 unspecified atom stereocenters. The Bertz CT molecular complexity index is 2480. The van der Waals surface area contributed by atoms with Gasteiger partial charge in [0.05, 0.1) is 23.2 Å². The first-order valence-corrected chi connectivity index (χ1v) is 23.8. The maximum Gasteiger partial charge on any atom is 0.329 e. The fraction of sp³-hybridized carbons (Fsp3) is 0.571. The first kappa shape index (κ1) is 44.3. The number of carbonyl (C=O) groups excluding carboxylic acids is 2. The minimum Gasteiger partial charge on any atom is -0.393 e. The first-order chi connectivity index (χ1) is 31.1. The number of carbonyl (C=O) groups is 2.